The van der Waals surface area contributed by atoms with Crippen molar-refractivity contribution in [1.29, 1.82) is 0 Å². The number of hydrogen-bond donors (Lipinski definition) is 1. The fraction of sp³-hybridized carbons (Fsp3) is 0.600. The lowest BCUT2D eigenvalue weighted by Gasteiger charge is -2.27. The van der Waals surface area contributed by atoms with Crippen molar-refractivity contribution in [1.82, 2.24) is 15.1 Å². The van der Waals surface area contributed by atoms with Crippen LogP contribution in [0.15, 0.2) is 18.2 Å². The molecule has 1 aliphatic rings. The fourth-order valence-electron chi connectivity index (χ4n) is 4.69. The number of methoxy groups -OCH3 is 1. The molecule has 34 heavy (non-hydrogen) atoms. The van der Waals surface area contributed by atoms with Crippen LogP contribution >= 0.6 is 11.6 Å². The predicted molar refractivity (Wildman–Crippen MR) is 136 cm³/mol. The van der Waals surface area contributed by atoms with Gasteiger partial charge in [-0.1, -0.05) is 31.5 Å². The van der Waals surface area contributed by atoms with Gasteiger partial charge in [-0.15, -0.1) is 0 Å². The zero-order valence-electron chi connectivity index (χ0n) is 20.7. The first-order chi connectivity index (χ1) is 16.0. The summed E-state index contributed by atoms with van der Waals surface area (Å²) in [5.41, 5.74) is 2.83. The number of benzene rings is 1. The summed E-state index contributed by atoms with van der Waals surface area (Å²) in [6.45, 7) is 7.33. The smallest absolute Gasteiger partial charge is 0.273 e. The third-order valence-electron chi connectivity index (χ3n) is 6.52. The minimum Gasteiger partial charge on any atom is -0.496 e. The van der Waals surface area contributed by atoms with Gasteiger partial charge in [0.2, 0.25) is 0 Å². The van der Waals surface area contributed by atoms with E-state index in [1.54, 1.807) is 11.8 Å². The lowest BCUT2D eigenvalue weighted by Crippen LogP contribution is -2.34. The van der Waals surface area contributed by atoms with E-state index >= 15 is 0 Å². The minimum absolute atomic E-state index is 0.191. The van der Waals surface area contributed by atoms with E-state index in [1.165, 1.54) is 11.8 Å². The summed E-state index contributed by atoms with van der Waals surface area (Å²) in [7, 11) is -1.37. The largest absolute Gasteiger partial charge is 0.496 e. The molecule has 0 saturated heterocycles. The molecule has 0 bridgehead atoms. The number of nitrogens with one attached hydrogen (secondary N) is 1. The summed E-state index contributed by atoms with van der Waals surface area (Å²) in [4.78, 5) is 13.0. The second-order valence-electron chi connectivity index (χ2n) is 9.64. The number of aromatic nitrogens is 2. The Morgan fingerprint density at radius 1 is 1.26 bits per heavy atom. The maximum Gasteiger partial charge on any atom is 0.273 e. The molecule has 0 atom stereocenters. The van der Waals surface area contributed by atoms with Gasteiger partial charge in [0.1, 0.15) is 15.6 Å². The van der Waals surface area contributed by atoms with Crippen LogP contribution in [0.4, 0.5) is 0 Å². The normalized spacial score (nSPS) is 18.8. The SMILES string of the molecule is CCn1nc(C(=O)NCC2CCC(S(C)(=O)=O)CC2)c(Cl)c1-c1ccc(CC(C)C)cc1OC. The first-order valence-corrected chi connectivity index (χ1v) is 14.3. The van der Waals surface area contributed by atoms with Crippen molar-refractivity contribution in [2.45, 2.75) is 64.7 Å². The molecule has 9 heteroatoms. The van der Waals surface area contributed by atoms with Crippen LogP contribution in [0.3, 0.4) is 0 Å². The molecule has 0 spiro atoms. The molecule has 1 saturated carbocycles. The van der Waals surface area contributed by atoms with Gasteiger partial charge in [-0.3, -0.25) is 9.48 Å². The number of halogens is 1. The van der Waals surface area contributed by atoms with Crippen LogP contribution in [-0.2, 0) is 22.8 Å². The maximum atomic E-state index is 13.0. The van der Waals surface area contributed by atoms with Crippen LogP contribution in [-0.4, -0.2) is 49.3 Å². The summed E-state index contributed by atoms with van der Waals surface area (Å²) in [6, 6.07) is 6.06. The maximum absolute atomic E-state index is 13.0. The summed E-state index contributed by atoms with van der Waals surface area (Å²) in [5, 5.41) is 7.49. The molecular weight excluding hydrogens is 474 g/mol. The van der Waals surface area contributed by atoms with Crippen LogP contribution in [0.1, 0.15) is 62.5 Å². The van der Waals surface area contributed by atoms with E-state index in [0.29, 0.717) is 48.3 Å². The number of nitrogens with zero attached hydrogens (tertiary/aromatic N) is 2. The number of amides is 1. The highest BCUT2D eigenvalue weighted by Gasteiger charge is 2.29. The molecule has 0 aliphatic heterocycles. The standard InChI is InChI=1S/C25H36ClN3O4S/c1-6-29-24(20-12-9-18(13-16(2)3)14-21(20)33-4)22(26)23(28-29)25(30)27-15-17-7-10-19(11-8-17)34(5,31)32/h9,12,14,16-17,19H,6-8,10-11,13,15H2,1-5H3,(H,27,30). The number of ether oxygens (including phenoxy) is 1. The van der Waals surface area contributed by atoms with Crippen LogP contribution < -0.4 is 10.1 Å². The van der Waals surface area contributed by atoms with E-state index in [-0.39, 0.29) is 22.8 Å². The number of carbonyl (C=O) groups is 1. The summed E-state index contributed by atoms with van der Waals surface area (Å²) >= 11 is 6.72. The highest BCUT2D eigenvalue weighted by molar-refractivity contribution is 7.91. The fourth-order valence-corrected chi connectivity index (χ4v) is 6.14. The van der Waals surface area contributed by atoms with Gasteiger partial charge in [0.25, 0.3) is 5.91 Å². The molecule has 1 heterocycles. The number of sulfone groups is 1. The first kappa shape index (κ1) is 26.5. The molecule has 2 aromatic rings. The molecule has 0 unspecified atom stereocenters. The molecule has 1 aliphatic carbocycles. The topological polar surface area (TPSA) is 90.3 Å². The Morgan fingerprint density at radius 3 is 2.50 bits per heavy atom. The molecule has 1 fully saturated rings. The average Bonchev–Trinajstić information content (AvgIpc) is 3.12. The number of hydrogen-bond acceptors (Lipinski definition) is 5. The van der Waals surface area contributed by atoms with Crippen LogP contribution in [0.25, 0.3) is 11.3 Å². The van der Waals surface area contributed by atoms with Crippen LogP contribution in [0, 0.1) is 11.8 Å². The van der Waals surface area contributed by atoms with Gasteiger partial charge < -0.3 is 10.1 Å². The Kier molecular flexibility index (Phi) is 8.68. The number of rotatable bonds is 9. The van der Waals surface area contributed by atoms with E-state index in [4.69, 9.17) is 16.3 Å². The van der Waals surface area contributed by atoms with Crippen molar-refractivity contribution in [3.63, 3.8) is 0 Å². The van der Waals surface area contributed by atoms with Gasteiger partial charge >= 0.3 is 0 Å². The van der Waals surface area contributed by atoms with Crippen molar-refractivity contribution in [3.8, 4) is 17.0 Å². The van der Waals surface area contributed by atoms with Crippen LogP contribution in [0.5, 0.6) is 5.75 Å². The molecule has 3 rings (SSSR count). The first-order valence-electron chi connectivity index (χ1n) is 12.0. The molecule has 1 aromatic carbocycles. The van der Waals surface area contributed by atoms with Gasteiger partial charge in [-0.05, 0) is 68.6 Å². The predicted octanol–water partition coefficient (Wildman–Crippen LogP) is 4.76. The third-order valence-corrected chi connectivity index (χ3v) is 8.57. The van der Waals surface area contributed by atoms with Gasteiger partial charge in [0, 0.05) is 24.9 Å². The molecule has 1 aromatic heterocycles. The van der Waals surface area contributed by atoms with Crippen molar-refractivity contribution in [3.05, 3.63) is 34.5 Å². The van der Waals surface area contributed by atoms with E-state index in [9.17, 15) is 13.2 Å². The van der Waals surface area contributed by atoms with E-state index in [1.807, 2.05) is 19.1 Å². The average molecular weight is 510 g/mol. The molecule has 7 nitrogen and oxygen atoms in total. The minimum atomic E-state index is -3.00. The van der Waals surface area contributed by atoms with Crippen LogP contribution in [0.2, 0.25) is 5.02 Å². The summed E-state index contributed by atoms with van der Waals surface area (Å²) in [6.07, 6.45) is 5.08. The number of carbonyl (C=O) groups excluding carboxylic acids is 1. The van der Waals surface area contributed by atoms with Gasteiger partial charge in [-0.25, -0.2) is 8.42 Å². The Labute approximate surface area is 208 Å². The highest BCUT2D eigenvalue weighted by atomic mass is 35.5. The molecule has 0 radical (unpaired) electrons. The van der Waals surface area contributed by atoms with Gasteiger partial charge in [0.15, 0.2) is 5.69 Å². The monoisotopic (exact) mass is 509 g/mol. The van der Waals surface area contributed by atoms with Crippen molar-refractivity contribution in [2.24, 2.45) is 11.8 Å². The third kappa shape index (κ3) is 6.13. The second kappa shape index (κ2) is 11.1. The quantitative estimate of drug-likeness (QED) is 0.526. The number of aryl methyl sites for hydroxylation is 1. The lowest BCUT2D eigenvalue weighted by molar-refractivity contribution is 0.0938. The van der Waals surface area contributed by atoms with Crippen molar-refractivity contribution in [2.75, 3.05) is 19.9 Å². The zero-order chi connectivity index (χ0) is 25.0. The Hall–Kier alpha value is -2.06. The highest BCUT2D eigenvalue weighted by Crippen LogP contribution is 2.38. The van der Waals surface area contributed by atoms with Gasteiger partial charge in [-0.2, -0.15) is 5.10 Å². The Balaban J connectivity index is 1.77. The Morgan fingerprint density at radius 2 is 1.94 bits per heavy atom. The molecule has 1 N–H and O–H groups in total. The molecule has 188 valence electrons. The van der Waals surface area contributed by atoms with E-state index in [0.717, 1.165) is 24.8 Å². The Bertz CT molecular complexity index is 1120. The molecular formula is C25H36ClN3O4S. The van der Waals surface area contributed by atoms with Crippen molar-refractivity contribution >= 4 is 27.3 Å². The van der Waals surface area contributed by atoms with Crippen molar-refractivity contribution < 1.29 is 17.9 Å². The lowest BCUT2D eigenvalue weighted by atomic mass is 9.89. The second-order valence-corrected chi connectivity index (χ2v) is 12.3. The zero-order valence-corrected chi connectivity index (χ0v) is 22.3. The summed E-state index contributed by atoms with van der Waals surface area (Å²) in [5.74, 6) is 1.16. The summed E-state index contributed by atoms with van der Waals surface area (Å²) < 4.78 is 30.9. The van der Waals surface area contributed by atoms with E-state index in [2.05, 4.69) is 30.3 Å². The van der Waals surface area contributed by atoms with E-state index < -0.39 is 9.84 Å². The van der Waals surface area contributed by atoms with Gasteiger partial charge in [0.05, 0.1) is 23.1 Å². The molecule has 1 amide bonds.